The van der Waals surface area contributed by atoms with Gasteiger partial charge >= 0.3 is 0 Å². The Labute approximate surface area is 203 Å². The fourth-order valence-electron chi connectivity index (χ4n) is 4.08. The highest BCUT2D eigenvalue weighted by molar-refractivity contribution is 6.31. The summed E-state index contributed by atoms with van der Waals surface area (Å²) < 4.78 is 10.6. The lowest BCUT2D eigenvalue weighted by Gasteiger charge is -2.28. The summed E-state index contributed by atoms with van der Waals surface area (Å²) >= 11 is 6.26. The second kappa shape index (κ2) is 11.2. The van der Waals surface area contributed by atoms with Crippen molar-refractivity contribution in [2.24, 2.45) is 5.73 Å². The molecule has 0 aromatic heterocycles. The molecule has 0 saturated carbocycles. The van der Waals surface area contributed by atoms with Crippen LogP contribution in [0.4, 0.5) is 0 Å². The quantitative estimate of drug-likeness (QED) is 0.315. The van der Waals surface area contributed by atoms with Gasteiger partial charge < -0.3 is 30.5 Å². The number of hydrogen-bond acceptors (Lipinski definition) is 6. The van der Waals surface area contributed by atoms with Crippen molar-refractivity contribution >= 4 is 29.3 Å². The van der Waals surface area contributed by atoms with Crippen LogP contribution in [0.2, 0.25) is 5.02 Å². The molecular formula is C24H29ClN4O5. The van der Waals surface area contributed by atoms with Crippen LogP contribution in [0.3, 0.4) is 0 Å². The number of halogens is 1. The Morgan fingerprint density at radius 2 is 2.03 bits per heavy atom. The number of carbonyl (C=O) groups excluding carboxylic acids is 2. The number of aliphatic hydroxyl groups is 1. The number of likely N-dealkylation sites (tertiary alicyclic amines) is 1. The number of benzene rings is 2. The highest BCUT2D eigenvalue weighted by atomic mass is 35.5. The van der Waals surface area contributed by atoms with Gasteiger partial charge in [-0.3, -0.25) is 15.0 Å². The number of nitrogens with one attached hydrogen (secondary N) is 2. The van der Waals surface area contributed by atoms with Crippen molar-refractivity contribution < 1.29 is 24.2 Å². The standard InChI is InChI=1S/C24H29ClN4O5/c1-33-16-7-8-21(34-2)17(11-16)18(13-30)24(32)29-9-3-4-20(29)23(31)28-12-15-6-5-14(22(26)27)10-19(15)25/h5-8,10-11,18,20,30H,3-4,9,12-13H2,1-2H3,(H3,26,27)(H,28,31)/t18-,20-/m0/s1. The van der Waals surface area contributed by atoms with Crippen molar-refractivity contribution in [3.63, 3.8) is 0 Å². The first-order valence-corrected chi connectivity index (χ1v) is 11.2. The number of methoxy groups -OCH3 is 2. The van der Waals surface area contributed by atoms with Gasteiger partial charge in [0.15, 0.2) is 0 Å². The van der Waals surface area contributed by atoms with Gasteiger partial charge in [0.25, 0.3) is 0 Å². The summed E-state index contributed by atoms with van der Waals surface area (Å²) in [5, 5.41) is 20.8. The van der Waals surface area contributed by atoms with Crippen LogP contribution in [-0.4, -0.2) is 61.1 Å². The minimum absolute atomic E-state index is 0.0938. The number of nitrogens with zero attached hydrogens (tertiary/aromatic N) is 1. The van der Waals surface area contributed by atoms with E-state index >= 15 is 0 Å². The summed E-state index contributed by atoms with van der Waals surface area (Å²) in [5.74, 6) is -0.652. The van der Waals surface area contributed by atoms with Crippen molar-refractivity contribution in [1.29, 1.82) is 5.41 Å². The molecular weight excluding hydrogens is 460 g/mol. The Hall–Kier alpha value is -3.30. The SMILES string of the molecule is COc1ccc(OC)c([C@H](CO)C(=O)N2CCC[C@H]2C(=O)NCc2ccc(C(=N)N)cc2Cl)c1. The van der Waals surface area contributed by atoms with Crippen molar-refractivity contribution in [1.82, 2.24) is 10.2 Å². The maximum Gasteiger partial charge on any atom is 0.243 e. The largest absolute Gasteiger partial charge is 0.497 e. The van der Waals surface area contributed by atoms with Crippen LogP contribution in [-0.2, 0) is 16.1 Å². The summed E-state index contributed by atoms with van der Waals surface area (Å²) in [6.07, 6.45) is 1.19. The van der Waals surface area contributed by atoms with E-state index in [4.69, 9.17) is 32.2 Å². The van der Waals surface area contributed by atoms with E-state index in [0.717, 1.165) is 0 Å². The van der Waals surface area contributed by atoms with Crippen molar-refractivity contribution in [3.8, 4) is 11.5 Å². The van der Waals surface area contributed by atoms with Crippen LogP contribution in [0, 0.1) is 5.41 Å². The third kappa shape index (κ3) is 5.43. The summed E-state index contributed by atoms with van der Waals surface area (Å²) in [6.45, 7) is 0.139. The third-order valence-corrected chi connectivity index (χ3v) is 6.30. The van der Waals surface area contributed by atoms with Gasteiger partial charge in [0, 0.05) is 29.2 Å². The van der Waals surface area contributed by atoms with Gasteiger partial charge in [0.1, 0.15) is 23.4 Å². The number of hydrogen-bond donors (Lipinski definition) is 4. The topological polar surface area (TPSA) is 138 Å². The zero-order valence-electron chi connectivity index (χ0n) is 19.1. The zero-order valence-corrected chi connectivity index (χ0v) is 19.9. The van der Waals surface area contributed by atoms with Gasteiger partial charge in [-0.05, 0) is 42.7 Å². The van der Waals surface area contributed by atoms with Crippen molar-refractivity contribution in [3.05, 3.63) is 58.1 Å². The molecule has 0 radical (unpaired) electrons. The van der Waals surface area contributed by atoms with Gasteiger partial charge in [-0.25, -0.2) is 0 Å². The number of ether oxygens (including phenoxy) is 2. The van der Waals surface area contributed by atoms with E-state index in [1.165, 1.54) is 19.1 Å². The molecule has 9 nitrogen and oxygen atoms in total. The van der Waals surface area contributed by atoms with E-state index in [9.17, 15) is 14.7 Å². The monoisotopic (exact) mass is 488 g/mol. The minimum atomic E-state index is -0.896. The second-order valence-electron chi connectivity index (χ2n) is 7.97. The Kier molecular flexibility index (Phi) is 8.36. The zero-order chi connectivity index (χ0) is 24.8. The average molecular weight is 489 g/mol. The van der Waals surface area contributed by atoms with E-state index in [2.05, 4.69) is 5.32 Å². The van der Waals surface area contributed by atoms with E-state index in [-0.39, 0.29) is 24.2 Å². The van der Waals surface area contributed by atoms with Crippen LogP contribution in [0.1, 0.15) is 35.4 Å². The summed E-state index contributed by atoms with van der Waals surface area (Å²) in [4.78, 5) is 27.9. The average Bonchev–Trinajstić information content (AvgIpc) is 3.33. The number of nitrogens with two attached hydrogens (primary N) is 1. The summed E-state index contributed by atoms with van der Waals surface area (Å²) in [6, 6.07) is 9.33. The highest BCUT2D eigenvalue weighted by Gasteiger charge is 2.38. The van der Waals surface area contributed by atoms with Crippen LogP contribution < -0.4 is 20.5 Å². The fourth-order valence-corrected chi connectivity index (χ4v) is 4.33. The molecule has 0 aliphatic carbocycles. The summed E-state index contributed by atoms with van der Waals surface area (Å²) in [7, 11) is 3.01. The van der Waals surface area contributed by atoms with E-state index in [1.54, 1.807) is 36.4 Å². The van der Waals surface area contributed by atoms with Crippen molar-refractivity contribution in [2.75, 3.05) is 27.4 Å². The molecule has 2 atom stereocenters. The predicted octanol–water partition coefficient (Wildman–Crippen LogP) is 2.02. The highest BCUT2D eigenvalue weighted by Crippen LogP contribution is 2.33. The molecule has 0 unspecified atom stereocenters. The lowest BCUT2D eigenvalue weighted by atomic mass is 9.96. The maximum absolute atomic E-state index is 13.4. The fraction of sp³-hybridized carbons (Fsp3) is 0.375. The summed E-state index contributed by atoms with van der Waals surface area (Å²) in [5.41, 5.74) is 7.14. The molecule has 3 rings (SSSR count). The molecule has 1 fully saturated rings. The Morgan fingerprint density at radius 3 is 2.65 bits per heavy atom. The van der Waals surface area contributed by atoms with Gasteiger partial charge in [0.2, 0.25) is 11.8 Å². The number of amides is 2. The molecule has 10 heteroatoms. The molecule has 1 heterocycles. The van der Waals surface area contributed by atoms with Crippen LogP contribution in [0.15, 0.2) is 36.4 Å². The Bertz CT molecular complexity index is 1080. The molecule has 0 bridgehead atoms. The smallest absolute Gasteiger partial charge is 0.243 e. The van der Waals surface area contributed by atoms with E-state index in [1.807, 2.05) is 0 Å². The number of aliphatic hydroxyl groups excluding tert-OH is 1. The predicted molar refractivity (Wildman–Crippen MR) is 128 cm³/mol. The molecule has 34 heavy (non-hydrogen) atoms. The van der Waals surface area contributed by atoms with Gasteiger partial charge in [0.05, 0.1) is 26.7 Å². The maximum atomic E-state index is 13.4. The second-order valence-corrected chi connectivity index (χ2v) is 8.38. The molecule has 2 aromatic rings. The molecule has 1 aliphatic rings. The molecule has 1 aliphatic heterocycles. The number of nitrogen functional groups attached to an aromatic ring is 1. The third-order valence-electron chi connectivity index (χ3n) is 5.95. The lowest BCUT2D eigenvalue weighted by molar-refractivity contribution is -0.140. The first kappa shape index (κ1) is 25.3. The number of carbonyl (C=O) groups is 2. The molecule has 1 saturated heterocycles. The number of amidine groups is 1. The lowest BCUT2D eigenvalue weighted by Crippen LogP contribution is -2.47. The van der Waals surface area contributed by atoms with Gasteiger partial charge in [-0.15, -0.1) is 0 Å². The van der Waals surface area contributed by atoms with Crippen LogP contribution in [0.25, 0.3) is 0 Å². The van der Waals surface area contributed by atoms with E-state index < -0.39 is 18.6 Å². The minimum Gasteiger partial charge on any atom is -0.497 e. The molecule has 2 aromatic carbocycles. The normalized spacial score (nSPS) is 16.1. The molecule has 2 amide bonds. The first-order valence-electron chi connectivity index (χ1n) is 10.8. The van der Waals surface area contributed by atoms with Gasteiger partial charge in [-0.1, -0.05) is 23.7 Å². The Balaban J connectivity index is 1.74. The Morgan fingerprint density at radius 1 is 1.26 bits per heavy atom. The number of rotatable bonds is 9. The molecule has 182 valence electrons. The first-order chi connectivity index (χ1) is 16.3. The molecule has 5 N–H and O–H groups in total. The van der Waals surface area contributed by atoms with E-state index in [0.29, 0.717) is 52.6 Å². The van der Waals surface area contributed by atoms with Crippen LogP contribution >= 0.6 is 11.6 Å². The molecule has 0 spiro atoms. The van der Waals surface area contributed by atoms with Gasteiger partial charge in [-0.2, -0.15) is 0 Å². The van der Waals surface area contributed by atoms with Crippen molar-refractivity contribution in [2.45, 2.75) is 31.3 Å². The van der Waals surface area contributed by atoms with Crippen LogP contribution in [0.5, 0.6) is 11.5 Å².